The fourth-order valence-electron chi connectivity index (χ4n) is 2.36. The lowest BCUT2D eigenvalue weighted by atomic mass is 10.1. The van der Waals surface area contributed by atoms with Gasteiger partial charge >= 0.3 is 5.97 Å². The van der Waals surface area contributed by atoms with Crippen LogP contribution in [0.25, 0.3) is 11.5 Å². The molecular formula is C17H13ClFN3O5S. The van der Waals surface area contributed by atoms with Crippen LogP contribution in [-0.4, -0.2) is 29.6 Å². The summed E-state index contributed by atoms with van der Waals surface area (Å²) in [5.74, 6) is -2.23. The third kappa shape index (κ3) is 3.82. The lowest BCUT2D eigenvalue weighted by Crippen LogP contribution is -2.15. The van der Waals surface area contributed by atoms with E-state index in [0.29, 0.717) is 23.0 Å². The third-order valence-corrected chi connectivity index (χ3v) is 5.42. The van der Waals surface area contributed by atoms with E-state index in [-0.39, 0.29) is 11.6 Å². The average molecular weight is 426 g/mol. The van der Waals surface area contributed by atoms with Crippen LogP contribution in [0.2, 0.25) is 5.02 Å². The summed E-state index contributed by atoms with van der Waals surface area (Å²) in [5.41, 5.74) is 0.410. The second-order valence-corrected chi connectivity index (χ2v) is 7.94. The molecule has 0 fully saturated rings. The molecule has 0 saturated carbocycles. The van der Waals surface area contributed by atoms with Crippen molar-refractivity contribution in [3.05, 3.63) is 58.1 Å². The first-order valence-electron chi connectivity index (χ1n) is 7.75. The number of benzene rings is 2. The Balaban J connectivity index is 2.02. The molecule has 0 aliphatic rings. The van der Waals surface area contributed by atoms with Crippen LogP contribution in [0.15, 0.2) is 39.8 Å². The second kappa shape index (κ2) is 7.21. The third-order valence-electron chi connectivity index (χ3n) is 3.80. The monoisotopic (exact) mass is 425 g/mol. The van der Waals surface area contributed by atoms with Gasteiger partial charge in [0.15, 0.2) is 11.6 Å². The molecule has 11 heteroatoms. The van der Waals surface area contributed by atoms with Crippen LogP contribution >= 0.6 is 11.6 Å². The Hall–Kier alpha value is -2.98. The molecule has 0 spiro atoms. The molecule has 0 bridgehead atoms. The predicted molar refractivity (Wildman–Crippen MR) is 98.4 cm³/mol. The summed E-state index contributed by atoms with van der Waals surface area (Å²) in [6.07, 6.45) is 0. The van der Waals surface area contributed by atoms with E-state index in [1.165, 1.54) is 6.07 Å². The van der Waals surface area contributed by atoms with Gasteiger partial charge in [0.05, 0.1) is 21.2 Å². The Kier molecular flexibility index (Phi) is 5.09. The van der Waals surface area contributed by atoms with Gasteiger partial charge in [-0.2, -0.15) is 4.98 Å². The number of aromatic carboxylic acids is 1. The summed E-state index contributed by atoms with van der Waals surface area (Å²) in [4.78, 5) is 14.7. The summed E-state index contributed by atoms with van der Waals surface area (Å²) in [7, 11) is -4.26. The topological polar surface area (TPSA) is 122 Å². The molecule has 2 N–H and O–H groups in total. The summed E-state index contributed by atoms with van der Waals surface area (Å²) in [6, 6.07) is 6.35. The quantitative estimate of drug-likeness (QED) is 0.639. The minimum absolute atomic E-state index is 0.200. The maximum Gasteiger partial charge on any atom is 0.338 e. The lowest BCUT2D eigenvalue weighted by Gasteiger charge is -2.12. The highest BCUT2D eigenvalue weighted by Gasteiger charge is 2.23. The van der Waals surface area contributed by atoms with Crippen LogP contribution in [0.4, 0.5) is 10.1 Å². The van der Waals surface area contributed by atoms with E-state index in [9.17, 15) is 17.6 Å². The van der Waals surface area contributed by atoms with Gasteiger partial charge in [0.1, 0.15) is 0 Å². The smallest absolute Gasteiger partial charge is 0.338 e. The SMILES string of the molecule is Cc1noc(-c2ccc(C)c(NS(=O)(=O)c3cc(Cl)c(F)c(C(=O)O)c3)c2)n1. The first-order chi connectivity index (χ1) is 13.1. The van der Waals surface area contributed by atoms with E-state index in [2.05, 4.69) is 14.9 Å². The number of hydrogen-bond acceptors (Lipinski definition) is 6. The number of nitrogens with one attached hydrogen (secondary N) is 1. The number of carboxylic acid groups (broad SMARTS) is 1. The van der Waals surface area contributed by atoms with Crippen molar-refractivity contribution in [2.45, 2.75) is 18.7 Å². The van der Waals surface area contributed by atoms with Crippen LogP contribution < -0.4 is 4.72 Å². The number of halogens is 2. The van der Waals surface area contributed by atoms with Gasteiger partial charge in [0.25, 0.3) is 15.9 Å². The van der Waals surface area contributed by atoms with E-state index in [1.807, 2.05) is 0 Å². The maximum atomic E-state index is 13.8. The Labute approximate surface area is 164 Å². The highest BCUT2D eigenvalue weighted by molar-refractivity contribution is 7.92. The number of rotatable bonds is 5. The Morgan fingerprint density at radius 3 is 2.57 bits per heavy atom. The number of aryl methyl sites for hydroxylation is 2. The summed E-state index contributed by atoms with van der Waals surface area (Å²) in [5, 5.41) is 12.1. The van der Waals surface area contributed by atoms with Gasteiger partial charge in [-0.25, -0.2) is 17.6 Å². The minimum atomic E-state index is -4.26. The first kappa shape index (κ1) is 19.8. The van der Waals surface area contributed by atoms with Gasteiger partial charge in [-0.1, -0.05) is 22.8 Å². The molecule has 0 saturated heterocycles. The van der Waals surface area contributed by atoms with Crippen molar-refractivity contribution in [2.75, 3.05) is 4.72 Å². The summed E-state index contributed by atoms with van der Waals surface area (Å²) < 4.78 is 46.6. The Morgan fingerprint density at radius 2 is 1.96 bits per heavy atom. The van der Waals surface area contributed by atoms with Gasteiger partial charge in [-0.3, -0.25) is 4.72 Å². The largest absolute Gasteiger partial charge is 0.478 e. The summed E-state index contributed by atoms with van der Waals surface area (Å²) in [6.45, 7) is 3.31. The maximum absolute atomic E-state index is 13.8. The van der Waals surface area contributed by atoms with E-state index < -0.39 is 37.3 Å². The van der Waals surface area contributed by atoms with Gasteiger partial charge in [-0.05, 0) is 43.7 Å². The van der Waals surface area contributed by atoms with Gasteiger partial charge in [0, 0.05) is 5.56 Å². The zero-order valence-corrected chi connectivity index (χ0v) is 16.1. The van der Waals surface area contributed by atoms with Gasteiger partial charge in [0.2, 0.25) is 0 Å². The molecule has 3 aromatic rings. The van der Waals surface area contributed by atoms with Crippen LogP contribution in [-0.2, 0) is 10.0 Å². The van der Waals surface area contributed by atoms with Gasteiger partial charge in [-0.15, -0.1) is 0 Å². The molecule has 3 rings (SSSR count). The van der Waals surface area contributed by atoms with Crippen molar-refractivity contribution < 1.29 is 27.2 Å². The fraction of sp³-hybridized carbons (Fsp3) is 0.118. The molecule has 0 unspecified atom stereocenters. The molecule has 0 amide bonds. The number of anilines is 1. The van der Waals surface area contributed by atoms with Crippen molar-refractivity contribution >= 4 is 33.3 Å². The fourth-order valence-corrected chi connectivity index (χ4v) is 3.82. The number of hydrogen-bond donors (Lipinski definition) is 2. The standard InChI is InChI=1S/C17H13ClFN3O5S/c1-8-3-4-10(16-20-9(2)21-27-16)5-14(8)22-28(25,26)11-6-12(17(23)24)15(19)13(18)7-11/h3-7,22H,1-2H3,(H,23,24). The first-order valence-corrected chi connectivity index (χ1v) is 9.61. The molecule has 1 heterocycles. The second-order valence-electron chi connectivity index (χ2n) is 5.85. The molecule has 0 radical (unpaired) electrons. The molecule has 28 heavy (non-hydrogen) atoms. The number of aromatic nitrogens is 2. The highest BCUT2D eigenvalue weighted by atomic mass is 35.5. The molecule has 2 aromatic carbocycles. The van der Waals surface area contributed by atoms with Crippen molar-refractivity contribution in [2.24, 2.45) is 0 Å². The Bertz CT molecular complexity index is 1190. The van der Waals surface area contributed by atoms with E-state index in [0.717, 1.165) is 6.07 Å². The van der Waals surface area contributed by atoms with Crippen molar-refractivity contribution in [1.82, 2.24) is 10.1 Å². The Morgan fingerprint density at radius 1 is 1.25 bits per heavy atom. The zero-order chi connectivity index (χ0) is 20.6. The average Bonchev–Trinajstić information content (AvgIpc) is 3.05. The highest BCUT2D eigenvalue weighted by Crippen LogP contribution is 2.28. The normalized spacial score (nSPS) is 11.4. The molecule has 8 nitrogen and oxygen atoms in total. The molecular weight excluding hydrogens is 413 g/mol. The van der Waals surface area contributed by atoms with Crippen LogP contribution in [0, 0.1) is 19.7 Å². The van der Waals surface area contributed by atoms with Crippen molar-refractivity contribution in [3.63, 3.8) is 0 Å². The lowest BCUT2D eigenvalue weighted by molar-refractivity contribution is 0.0691. The van der Waals surface area contributed by atoms with Crippen LogP contribution in [0.3, 0.4) is 0 Å². The number of sulfonamides is 1. The van der Waals surface area contributed by atoms with Crippen LogP contribution in [0.1, 0.15) is 21.7 Å². The number of carbonyl (C=O) groups is 1. The predicted octanol–water partition coefficient (Wildman–Crippen LogP) is 3.64. The van der Waals surface area contributed by atoms with Gasteiger partial charge < -0.3 is 9.63 Å². The molecule has 0 atom stereocenters. The molecule has 0 aliphatic heterocycles. The zero-order valence-electron chi connectivity index (χ0n) is 14.5. The van der Waals surface area contributed by atoms with E-state index in [1.54, 1.807) is 26.0 Å². The number of carboxylic acids is 1. The van der Waals surface area contributed by atoms with E-state index >= 15 is 0 Å². The molecule has 146 valence electrons. The summed E-state index contributed by atoms with van der Waals surface area (Å²) >= 11 is 5.65. The van der Waals surface area contributed by atoms with Crippen molar-refractivity contribution in [1.29, 1.82) is 0 Å². The molecule has 1 aromatic heterocycles. The van der Waals surface area contributed by atoms with E-state index in [4.69, 9.17) is 21.2 Å². The minimum Gasteiger partial charge on any atom is -0.478 e. The van der Waals surface area contributed by atoms with Crippen LogP contribution in [0.5, 0.6) is 0 Å². The number of nitrogens with zero attached hydrogens (tertiary/aromatic N) is 2. The molecule has 0 aliphatic carbocycles. The van der Waals surface area contributed by atoms with Crippen molar-refractivity contribution in [3.8, 4) is 11.5 Å².